The lowest BCUT2D eigenvalue weighted by Gasteiger charge is -2.27. The van der Waals surface area contributed by atoms with Crippen LogP contribution in [0.2, 0.25) is 0 Å². The molecule has 1 rings (SSSR count). The van der Waals surface area contributed by atoms with Gasteiger partial charge in [0.1, 0.15) is 6.10 Å². The Kier molecular flexibility index (Phi) is 6.17. The van der Waals surface area contributed by atoms with Gasteiger partial charge in [0.15, 0.2) is 0 Å². The molecule has 0 spiro atoms. The van der Waals surface area contributed by atoms with E-state index in [1.54, 1.807) is 0 Å². The molecule has 0 radical (unpaired) electrons. The van der Waals surface area contributed by atoms with E-state index in [4.69, 9.17) is 15.2 Å². The monoisotopic (exact) mass is 217 g/mol. The molecule has 0 bridgehead atoms. The van der Waals surface area contributed by atoms with Crippen LogP contribution < -0.4 is 5.73 Å². The van der Waals surface area contributed by atoms with Crippen molar-refractivity contribution in [3.8, 4) is 0 Å². The fourth-order valence-corrected chi connectivity index (χ4v) is 1.88. The van der Waals surface area contributed by atoms with Crippen molar-refractivity contribution in [2.45, 2.75) is 50.9 Å². The van der Waals surface area contributed by atoms with Crippen molar-refractivity contribution in [2.75, 3.05) is 19.8 Å². The molecular formula is C11H23NO3. The molecule has 0 saturated heterocycles. The van der Waals surface area contributed by atoms with Crippen LogP contribution in [-0.2, 0) is 9.47 Å². The molecule has 90 valence electrons. The first kappa shape index (κ1) is 12.9. The average Bonchev–Trinajstić information content (AvgIpc) is 2.23. The minimum atomic E-state index is -0.511. The van der Waals surface area contributed by atoms with Crippen LogP contribution in [0.5, 0.6) is 0 Å². The molecular weight excluding hydrogens is 194 g/mol. The second kappa shape index (κ2) is 7.17. The summed E-state index contributed by atoms with van der Waals surface area (Å²) in [5, 5.41) is 9.50. The third-order valence-electron chi connectivity index (χ3n) is 2.71. The molecule has 1 aliphatic carbocycles. The number of nitrogens with two attached hydrogens (primary N) is 1. The Bertz CT molecular complexity index is 166. The Hall–Kier alpha value is -0.160. The summed E-state index contributed by atoms with van der Waals surface area (Å²) < 4.78 is 10.7. The lowest BCUT2D eigenvalue weighted by atomic mass is 9.93. The molecule has 1 saturated carbocycles. The molecule has 3 atom stereocenters. The summed E-state index contributed by atoms with van der Waals surface area (Å²) in [6.07, 6.45) is 3.93. The maximum absolute atomic E-state index is 9.50. The van der Waals surface area contributed by atoms with Gasteiger partial charge in [-0.05, 0) is 32.6 Å². The van der Waals surface area contributed by atoms with Gasteiger partial charge in [0.2, 0.25) is 0 Å². The maximum atomic E-state index is 9.50. The van der Waals surface area contributed by atoms with Crippen LogP contribution in [0.3, 0.4) is 0 Å². The van der Waals surface area contributed by atoms with Gasteiger partial charge in [0.25, 0.3) is 0 Å². The van der Waals surface area contributed by atoms with Gasteiger partial charge in [-0.3, -0.25) is 0 Å². The maximum Gasteiger partial charge on any atom is 0.101 e. The fraction of sp³-hybridized carbons (Fsp3) is 1.00. The summed E-state index contributed by atoms with van der Waals surface area (Å²) >= 11 is 0. The van der Waals surface area contributed by atoms with Gasteiger partial charge in [-0.15, -0.1) is 0 Å². The Morgan fingerprint density at radius 1 is 1.40 bits per heavy atom. The van der Waals surface area contributed by atoms with Gasteiger partial charge in [0, 0.05) is 12.6 Å². The minimum Gasteiger partial charge on any atom is -0.388 e. The molecule has 0 amide bonds. The Morgan fingerprint density at radius 2 is 2.20 bits per heavy atom. The predicted octanol–water partition coefficient (Wildman–Crippen LogP) is 0.670. The van der Waals surface area contributed by atoms with Crippen LogP contribution in [0, 0.1) is 0 Å². The van der Waals surface area contributed by atoms with E-state index in [9.17, 15) is 5.11 Å². The first-order valence-corrected chi connectivity index (χ1v) is 5.85. The molecule has 0 aromatic heterocycles. The van der Waals surface area contributed by atoms with Crippen molar-refractivity contribution < 1.29 is 14.6 Å². The van der Waals surface area contributed by atoms with Crippen LogP contribution in [0.15, 0.2) is 0 Å². The van der Waals surface area contributed by atoms with Gasteiger partial charge < -0.3 is 20.3 Å². The molecule has 0 aromatic carbocycles. The van der Waals surface area contributed by atoms with Crippen molar-refractivity contribution in [1.29, 1.82) is 0 Å². The van der Waals surface area contributed by atoms with E-state index in [1.807, 2.05) is 6.92 Å². The number of hydrogen-bond acceptors (Lipinski definition) is 4. The number of ether oxygens (including phenoxy) is 2. The Labute approximate surface area is 91.7 Å². The SMILES string of the molecule is CCOCC(O)COC1CCCC(N)C1. The topological polar surface area (TPSA) is 64.7 Å². The summed E-state index contributed by atoms with van der Waals surface area (Å²) in [6, 6.07) is 0.271. The molecule has 3 N–H and O–H groups in total. The summed E-state index contributed by atoms with van der Waals surface area (Å²) in [5.74, 6) is 0. The van der Waals surface area contributed by atoms with Crippen LogP contribution in [0.4, 0.5) is 0 Å². The molecule has 3 unspecified atom stereocenters. The molecule has 15 heavy (non-hydrogen) atoms. The Morgan fingerprint density at radius 3 is 2.87 bits per heavy atom. The second-order valence-electron chi connectivity index (χ2n) is 4.20. The number of aliphatic hydroxyl groups is 1. The summed E-state index contributed by atoms with van der Waals surface area (Å²) in [5.41, 5.74) is 5.84. The highest BCUT2D eigenvalue weighted by Gasteiger charge is 2.20. The van der Waals surface area contributed by atoms with Crippen molar-refractivity contribution >= 4 is 0 Å². The molecule has 0 aliphatic heterocycles. The number of hydrogen-bond donors (Lipinski definition) is 2. The normalized spacial score (nSPS) is 29.0. The van der Waals surface area contributed by atoms with Crippen LogP contribution in [0.1, 0.15) is 32.6 Å². The first-order valence-electron chi connectivity index (χ1n) is 5.85. The van der Waals surface area contributed by atoms with Crippen LogP contribution in [0.25, 0.3) is 0 Å². The quantitative estimate of drug-likeness (QED) is 0.686. The number of rotatable bonds is 6. The lowest BCUT2D eigenvalue weighted by molar-refractivity contribution is -0.0531. The largest absolute Gasteiger partial charge is 0.388 e. The zero-order valence-corrected chi connectivity index (χ0v) is 9.52. The average molecular weight is 217 g/mol. The van der Waals surface area contributed by atoms with Crippen LogP contribution >= 0.6 is 0 Å². The predicted molar refractivity (Wildman–Crippen MR) is 58.7 cm³/mol. The van der Waals surface area contributed by atoms with Gasteiger partial charge in [0.05, 0.1) is 19.3 Å². The van der Waals surface area contributed by atoms with E-state index in [0.717, 1.165) is 25.7 Å². The van der Waals surface area contributed by atoms with E-state index in [2.05, 4.69) is 0 Å². The Balaban J connectivity index is 2.07. The molecule has 1 aliphatic rings. The van der Waals surface area contributed by atoms with E-state index < -0.39 is 6.10 Å². The van der Waals surface area contributed by atoms with Crippen molar-refractivity contribution in [3.05, 3.63) is 0 Å². The third-order valence-corrected chi connectivity index (χ3v) is 2.71. The highest BCUT2D eigenvalue weighted by molar-refractivity contribution is 4.75. The first-order chi connectivity index (χ1) is 7.22. The zero-order valence-electron chi connectivity index (χ0n) is 9.52. The highest BCUT2D eigenvalue weighted by atomic mass is 16.5. The molecule has 4 nitrogen and oxygen atoms in total. The van der Waals surface area contributed by atoms with Gasteiger partial charge in [-0.1, -0.05) is 0 Å². The minimum absolute atomic E-state index is 0.227. The fourth-order valence-electron chi connectivity index (χ4n) is 1.88. The highest BCUT2D eigenvalue weighted by Crippen LogP contribution is 2.19. The second-order valence-corrected chi connectivity index (χ2v) is 4.20. The summed E-state index contributed by atoms with van der Waals surface area (Å²) in [4.78, 5) is 0. The van der Waals surface area contributed by atoms with E-state index >= 15 is 0 Å². The standard InChI is InChI=1S/C11H23NO3/c1-2-14-7-10(13)8-15-11-5-3-4-9(12)6-11/h9-11,13H,2-8,12H2,1H3. The number of aliphatic hydroxyl groups excluding tert-OH is 1. The van der Waals surface area contributed by atoms with Crippen molar-refractivity contribution in [1.82, 2.24) is 0 Å². The molecule has 0 heterocycles. The van der Waals surface area contributed by atoms with Gasteiger partial charge in [-0.25, -0.2) is 0 Å². The molecule has 1 fully saturated rings. The zero-order chi connectivity index (χ0) is 11.1. The van der Waals surface area contributed by atoms with E-state index in [-0.39, 0.29) is 12.1 Å². The summed E-state index contributed by atoms with van der Waals surface area (Å²) in [6.45, 7) is 3.26. The van der Waals surface area contributed by atoms with E-state index in [1.165, 1.54) is 0 Å². The van der Waals surface area contributed by atoms with Crippen molar-refractivity contribution in [2.24, 2.45) is 5.73 Å². The van der Waals surface area contributed by atoms with Crippen LogP contribution in [-0.4, -0.2) is 43.2 Å². The third kappa shape index (κ3) is 5.47. The van der Waals surface area contributed by atoms with Gasteiger partial charge >= 0.3 is 0 Å². The molecule has 4 heteroatoms. The van der Waals surface area contributed by atoms with Gasteiger partial charge in [-0.2, -0.15) is 0 Å². The van der Waals surface area contributed by atoms with Crippen molar-refractivity contribution in [3.63, 3.8) is 0 Å². The molecule has 0 aromatic rings. The van der Waals surface area contributed by atoms with E-state index in [0.29, 0.717) is 19.8 Å². The smallest absolute Gasteiger partial charge is 0.101 e. The lowest BCUT2D eigenvalue weighted by Crippen LogP contribution is -2.34. The summed E-state index contributed by atoms with van der Waals surface area (Å²) in [7, 11) is 0.